The monoisotopic (exact) mass is 305 g/mol. The third-order valence-corrected chi connectivity index (χ3v) is 3.93. The lowest BCUT2D eigenvalue weighted by atomic mass is 10.1. The first-order valence-electron chi connectivity index (χ1n) is 6.90. The minimum absolute atomic E-state index is 0.112. The quantitative estimate of drug-likeness (QED) is 0.890. The van der Waals surface area contributed by atoms with E-state index in [0.29, 0.717) is 11.7 Å². The number of nitrogens with zero attached hydrogens (tertiary/aromatic N) is 2. The summed E-state index contributed by atoms with van der Waals surface area (Å²) in [5.74, 6) is 0.714. The molecule has 0 radical (unpaired) electrons. The molecule has 0 atom stereocenters. The van der Waals surface area contributed by atoms with Gasteiger partial charge in [-0.1, -0.05) is 30.4 Å². The van der Waals surface area contributed by atoms with E-state index in [9.17, 15) is 4.79 Å². The lowest BCUT2D eigenvalue weighted by Crippen LogP contribution is -2.15. The molecule has 0 unspecified atom stereocenters. The molecule has 0 spiro atoms. The van der Waals surface area contributed by atoms with Gasteiger partial charge >= 0.3 is 0 Å². The average Bonchev–Trinajstić information content (AvgIpc) is 2.90. The zero-order chi connectivity index (χ0) is 15.2. The first-order valence-corrected chi connectivity index (χ1v) is 7.72. The van der Waals surface area contributed by atoms with Crippen LogP contribution in [0.2, 0.25) is 0 Å². The molecule has 112 valence electrons. The standard InChI is InChI=1S/C15H19N3O2S/c1-4-14-17-18-15(21-14)16-13(19)7-8-20-12-9-10(2)5-6-11(12)3/h5-6,9H,4,7-8H2,1-3H3,(H,16,18,19). The fourth-order valence-corrected chi connectivity index (χ4v) is 2.44. The van der Waals surface area contributed by atoms with Crippen molar-refractivity contribution in [2.24, 2.45) is 0 Å². The number of rotatable bonds is 6. The first kappa shape index (κ1) is 15.4. The number of amides is 1. The molecule has 0 bridgehead atoms. The highest BCUT2D eigenvalue weighted by Crippen LogP contribution is 2.19. The highest BCUT2D eigenvalue weighted by atomic mass is 32.1. The number of ether oxygens (including phenoxy) is 1. The molecule has 1 amide bonds. The molecule has 1 aromatic carbocycles. The van der Waals surface area contributed by atoms with Crippen LogP contribution in [0.1, 0.15) is 29.5 Å². The van der Waals surface area contributed by atoms with Crippen LogP contribution in [-0.2, 0) is 11.2 Å². The van der Waals surface area contributed by atoms with Crippen molar-refractivity contribution in [3.63, 3.8) is 0 Å². The van der Waals surface area contributed by atoms with Gasteiger partial charge in [-0.15, -0.1) is 10.2 Å². The maximum atomic E-state index is 11.8. The van der Waals surface area contributed by atoms with Crippen molar-refractivity contribution in [1.82, 2.24) is 10.2 Å². The van der Waals surface area contributed by atoms with E-state index in [4.69, 9.17) is 4.74 Å². The summed E-state index contributed by atoms with van der Waals surface area (Å²) in [7, 11) is 0. The second-order valence-electron chi connectivity index (χ2n) is 4.77. The molecule has 0 aliphatic carbocycles. The van der Waals surface area contributed by atoms with Crippen LogP contribution in [-0.4, -0.2) is 22.7 Å². The van der Waals surface area contributed by atoms with Gasteiger partial charge in [0, 0.05) is 0 Å². The predicted molar refractivity (Wildman–Crippen MR) is 83.9 cm³/mol. The Morgan fingerprint density at radius 2 is 2.14 bits per heavy atom. The molecule has 0 aliphatic rings. The minimum atomic E-state index is -0.112. The number of carbonyl (C=O) groups excluding carboxylic acids is 1. The molecule has 2 aromatic rings. The van der Waals surface area contributed by atoms with Crippen molar-refractivity contribution in [2.75, 3.05) is 11.9 Å². The fourth-order valence-electron chi connectivity index (χ4n) is 1.75. The van der Waals surface area contributed by atoms with E-state index < -0.39 is 0 Å². The average molecular weight is 305 g/mol. The Labute approximate surface area is 128 Å². The summed E-state index contributed by atoms with van der Waals surface area (Å²) in [4.78, 5) is 11.8. The van der Waals surface area contributed by atoms with Crippen molar-refractivity contribution >= 4 is 22.4 Å². The number of carbonyl (C=O) groups is 1. The Balaban J connectivity index is 1.80. The Kier molecular flexibility index (Phi) is 5.27. The summed E-state index contributed by atoms with van der Waals surface area (Å²) in [5.41, 5.74) is 2.21. The van der Waals surface area contributed by atoms with Crippen LogP contribution >= 0.6 is 11.3 Å². The third-order valence-electron chi connectivity index (χ3n) is 2.95. The molecule has 6 heteroatoms. The van der Waals surface area contributed by atoms with Crippen molar-refractivity contribution in [2.45, 2.75) is 33.6 Å². The van der Waals surface area contributed by atoms with Gasteiger partial charge in [-0.05, 0) is 37.5 Å². The van der Waals surface area contributed by atoms with E-state index in [2.05, 4.69) is 15.5 Å². The summed E-state index contributed by atoms with van der Waals surface area (Å²) in [6, 6.07) is 6.03. The van der Waals surface area contributed by atoms with Gasteiger partial charge in [0.15, 0.2) is 0 Å². The number of anilines is 1. The topological polar surface area (TPSA) is 64.1 Å². The molecule has 0 saturated heterocycles. The number of hydrogen-bond donors (Lipinski definition) is 1. The van der Waals surface area contributed by atoms with Crippen molar-refractivity contribution in [3.05, 3.63) is 34.3 Å². The zero-order valence-corrected chi connectivity index (χ0v) is 13.3. The van der Waals surface area contributed by atoms with Crippen LogP contribution in [0, 0.1) is 13.8 Å². The molecular weight excluding hydrogens is 286 g/mol. The highest BCUT2D eigenvalue weighted by molar-refractivity contribution is 7.15. The second kappa shape index (κ2) is 7.17. The molecule has 0 saturated carbocycles. The summed E-state index contributed by atoms with van der Waals surface area (Å²) in [5, 5.41) is 12.1. The fraction of sp³-hybridized carbons (Fsp3) is 0.400. The van der Waals surface area contributed by atoms with Crippen LogP contribution in [0.5, 0.6) is 5.75 Å². The van der Waals surface area contributed by atoms with Gasteiger partial charge in [0.05, 0.1) is 13.0 Å². The molecule has 1 N–H and O–H groups in total. The van der Waals surface area contributed by atoms with Crippen molar-refractivity contribution in [3.8, 4) is 5.75 Å². The Morgan fingerprint density at radius 1 is 1.33 bits per heavy atom. The van der Waals surface area contributed by atoms with E-state index in [1.54, 1.807) is 0 Å². The molecule has 0 aliphatic heterocycles. The Bertz CT molecular complexity index is 625. The van der Waals surface area contributed by atoms with Crippen LogP contribution in [0.4, 0.5) is 5.13 Å². The van der Waals surface area contributed by atoms with Crippen LogP contribution in [0.3, 0.4) is 0 Å². The van der Waals surface area contributed by atoms with Gasteiger partial charge < -0.3 is 10.1 Å². The van der Waals surface area contributed by atoms with E-state index >= 15 is 0 Å². The van der Waals surface area contributed by atoms with E-state index in [-0.39, 0.29) is 12.3 Å². The van der Waals surface area contributed by atoms with E-state index in [1.165, 1.54) is 11.3 Å². The lowest BCUT2D eigenvalue weighted by Gasteiger charge is -2.09. The van der Waals surface area contributed by atoms with Gasteiger partial charge in [-0.25, -0.2) is 0 Å². The summed E-state index contributed by atoms with van der Waals surface area (Å²) in [6.07, 6.45) is 1.11. The van der Waals surface area contributed by atoms with Gasteiger partial charge in [-0.3, -0.25) is 4.79 Å². The number of benzene rings is 1. The first-order chi connectivity index (χ1) is 10.1. The number of hydrogen-bond acceptors (Lipinski definition) is 5. The lowest BCUT2D eigenvalue weighted by molar-refractivity contribution is -0.116. The largest absolute Gasteiger partial charge is 0.493 e. The van der Waals surface area contributed by atoms with Crippen LogP contribution in [0.25, 0.3) is 0 Å². The predicted octanol–water partition coefficient (Wildman–Crippen LogP) is 3.12. The molecule has 5 nitrogen and oxygen atoms in total. The van der Waals surface area contributed by atoms with Gasteiger partial charge in [-0.2, -0.15) is 0 Å². The van der Waals surface area contributed by atoms with E-state index in [0.717, 1.165) is 28.3 Å². The Hall–Kier alpha value is -1.95. The van der Waals surface area contributed by atoms with Crippen LogP contribution < -0.4 is 10.1 Å². The zero-order valence-electron chi connectivity index (χ0n) is 12.5. The number of aryl methyl sites for hydroxylation is 3. The molecule has 0 fully saturated rings. The molecule has 1 aromatic heterocycles. The van der Waals surface area contributed by atoms with Gasteiger partial charge in [0.2, 0.25) is 11.0 Å². The Morgan fingerprint density at radius 3 is 2.86 bits per heavy atom. The SMILES string of the molecule is CCc1nnc(NC(=O)CCOc2cc(C)ccc2C)s1. The maximum Gasteiger partial charge on any atom is 0.229 e. The number of nitrogens with one attached hydrogen (secondary N) is 1. The third kappa shape index (κ3) is 4.53. The normalized spacial score (nSPS) is 10.4. The summed E-state index contributed by atoms with van der Waals surface area (Å²) >= 11 is 1.40. The highest BCUT2D eigenvalue weighted by Gasteiger charge is 2.08. The van der Waals surface area contributed by atoms with Gasteiger partial charge in [0.25, 0.3) is 0 Å². The van der Waals surface area contributed by atoms with E-state index in [1.807, 2.05) is 39.0 Å². The minimum Gasteiger partial charge on any atom is -0.493 e. The summed E-state index contributed by atoms with van der Waals surface area (Å²) in [6.45, 7) is 6.35. The van der Waals surface area contributed by atoms with Crippen LogP contribution in [0.15, 0.2) is 18.2 Å². The molecule has 1 heterocycles. The summed E-state index contributed by atoms with van der Waals surface area (Å²) < 4.78 is 5.66. The smallest absolute Gasteiger partial charge is 0.229 e. The second-order valence-corrected chi connectivity index (χ2v) is 5.83. The molecule has 2 rings (SSSR count). The molecule has 21 heavy (non-hydrogen) atoms. The molecular formula is C15H19N3O2S. The number of aromatic nitrogens is 2. The van der Waals surface area contributed by atoms with Crippen molar-refractivity contribution < 1.29 is 9.53 Å². The van der Waals surface area contributed by atoms with Gasteiger partial charge in [0.1, 0.15) is 10.8 Å². The maximum absolute atomic E-state index is 11.8. The van der Waals surface area contributed by atoms with Crippen molar-refractivity contribution in [1.29, 1.82) is 0 Å².